The normalized spacial score (nSPS) is 23.3. The smallest absolute Gasteiger partial charge is 0.341 e. The van der Waals surface area contributed by atoms with Gasteiger partial charge in [-0.1, -0.05) is 12.1 Å². The zero-order chi connectivity index (χ0) is 18.2. The average molecular weight is 392 g/mol. The van der Waals surface area contributed by atoms with E-state index in [4.69, 9.17) is 5.73 Å². The van der Waals surface area contributed by atoms with Gasteiger partial charge < -0.3 is 15.5 Å². The lowest BCUT2D eigenvalue weighted by Crippen LogP contribution is -2.37. The summed E-state index contributed by atoms with van der Waals surface area (Å²) in [7, 11) is 0. The summed E-state index contributed by atoms with van der Waals surface area (Å²) in [4.78, 5) is 27.8. The SMILES string of the molecule is Cl.N[C@@H]1CCN(C(=O)C2CC(=O)N(Cc3cccc(C(F)(F)F)c3)C2)C1. The van der Waals surface area contributed by atoms with Crippen LogP contribution >= 0.6 is 12.4 Å². The van der Waals surface area contributed by atoms with Crippen molar-refractivity contribution in [1.82, 2.24) is 9.80 Å². The molecule has 1 aromatic rings. The van der Waals surface area contributed by atoms with Crippen molar-refractivity contribution in [1.29, 1.82) is 0 Å². The highest BCUT2D eigenvalue weighted by atomic mass is 35.5. The summed E-state index contributed by atoms with van der Waals surface area (Å²) in [5.41, 5.74) is 5.47. The molecule has 3 rings (SSSR count). The number of nitrogens with zero attached hydrogens (tertiary/aromatic N) is 2. The van der Waals surface area contributed by atoms with Crippen molar-refractivity contribution < 1.29 is 22.8 Å². The maximum atomic E-state index is 12.8. The molecule has 144 valence electrons. The van der Waals surface area contributed by atoms with E-state index in [0.29, 0.717) is 18.7 Å². The summed E-state index contributed by atoms with van der Waals surface area (Å²) < 4.78 is 38.4. The Balaban J connectivity index is 0.00000243. The lowest BCUT2D eigenvalue weighted by atomic mass is 10.1. The summed E-state index contributed by atoms with van der Waals surface area (Å²) in [5, 5.41) is 0. The van der Waals surface area contributed by atoms with E-state index in [0.717, 1.165) is 18.6 Å². The van der Waals surface area contributed by atoms with Crippen LogP contribution in [0.1, 0.15) is 24.0 Å². The van der Waals surface area contributed by atoms with Gasteiger partial charge in [0.25, 0.3) is 0 Å². The zero-order valence-electron chi connectivity index (χ0n) is 14.0. The molecule has 26 heavy (non-hydrogen) atoms. The third-order valence-electron chi connectivity index (χ3n) is 4.73. The van der Waals surface area contributed by atoms with Crippen LogP contribution in [0.25, 0.3) is 0 Å². The summed E-state index contributed by atoms with van der Waals surface area (Å²) >= 11 is 0. The topological polar surface area (TPSA) is 66.6 Å². The first-order valence-electron chi connectivity index (χ1n) is 8.22. The summed E-state index contributed by atoms with van der Waals surface area (Å²) in [6.45, 7) is 1.40. The molecule has 2 atom stereocenters. The molecule has 0 bridgehead atoms. The Labute approximate surface area is 155 Å². The number of benzene rings is 1. The van der Waals surface area contributed by atoms with Crippen LogP contribution in [-0.2, 0) is 22.3 Å². The molecule has 0 radical (unpaired) electrons. The minimum absolute atomic E-state index is 0. The summed E-state index contributed by atoms with van der Waals surface area (Å²) in [6, 6.07) is 4.90. The first-order valence-corrected chi connectivity index (χ1v) is 8.22. The molecule has 1 unspecified atom stereocenters. The maximum Gasteiger partial charge on any atom is 0.416 e. The second-order valence-electron chi connectivity index (χ2n) is 6.71. The molecule has 9 heteroatoms. The molecule has 2 aliphatic heterocycles. The Bertz CT molecular complexity index is 683. The van der Waals surface area contributed by atoms with Crippen LogP contribution in [0.2, 0.25) is 0 Å². The number of hydrogen-bond donors (Lipinski definition) is 1. The van der Waals surface area contributed by atoms with Crippen LogP contribution in [0.4, 0.5) is 13.2 Å². The second kappa shape index (κ2) is 7.84. The molecule has 2 amide bonds. The van der Waals surface area contributed by atoms with Crippen molar-refractivity contribution in [2.45, 2.75) is 31.6 Å². The van der Waals surface area contributed by atoms with Crippen LogP contribution in [-0.4, -0.2) is 47.3 Å². The van der Waals surface area contributed by atoms with Gasteiger partial charge in [-0.2, -0.15) is 13.2 Å². The predicted octanol–water partition coefficient (Wildman–Crippen LogP) is 2.04. The Morgan fingerprint density at radius 3 is 2.62 bits per heavy atom. The molecule has 0 aliphatic carbocycles. The Hall–Kier alpha value is -1.80. The maximum absolute atomic E-state index is 12.8. The summed E-state index contributed by atoms with van der Waals surface area (Å²) in [6.07, 6.45) is -3.57. The van der Waals surface area contributed by atoms with E-state index in [1.807, 2.05) is 0 Å². The van der Waals surface area contributed by atoms with Gasteiger partial charge >= 0.3 is 6.18 Å². The third-order valence-corrected chi connectivity index (χ3v) is 4.73. The molecule has 2 fully saturated rings. The second-order valence-corrected chi connectivity index (χ2v) is 6.71. The van der Waals surface area contributed by atoms with Gasteiger partial charge in [0.05, 0.1) is 11.5 Å². The minimum Gasteiger partial charge on any atom is -0.341 e. The molecule has 2 aliphatic rings. The molecule has 0 saturated carbocycles. The molecule has 2 heterocycles. The van der Waals surface area contributed by atoms with Gasteiger partial charge in [0.1, 0.15) is 0 Å². The average Bonchev–Trinajstić information content (AvgIpc) is 3.13. The van der Waals surface area contributed by atoms with Crippen LogP contribution in [0.15, 0.2) is 24.3 Å². The number of amides is 2. The number of carbonyl (C=O) groups is 2. The van der Waals surface area contributed by atoms with Crippen LogP contribution in [0.3, 0.4) is 0 Å². The summed E-state index contributed by atoms with van der Waals surface area (Å²) in [5.74, 6) is -0.740. The van der Waals surface area contributed by atoms with Crippen LogP contribution in [0.5, 0.6) is 0 Å². The van der Waals surface area contributed by atoms with E-state index in [2.05, 4.69) is 0 Å². The number of rotatable bonds is 3. The molecule has 1 aromatic carbocycles. The van der Waals surface area contributed by atoms with Gasteiger partial charge in [-0.3, -0.25) is 9.59 Å². The largest absolute Gasteiger partial charge is 0.416 e. The fourth-order valence-corrected chi connectivity index (χ4v) is 3.40. The molecular formula is C17H21ClF3N3O2. The van der Waals surface area contributed by atoms with Gasteiger partial charge in [-0.05, 0) is 24.1 Å². The molecule has 5 nitrogen and oxygen atoms in total. The molecular weight excluding hydrogens is 371 g/mol. The monoisotopic (exact) mass is 391 g/mol. The van der Waals surface area contributed by atoms with E-state index in [1.54, 1.807) is 11.0 Å². The lowest BCUT2D eigenvalue weighted by molar-refractivity contribution is -0.137. The Morgan fingerprint density at radius 2 is 2.00 bits per heavy atom. The number of nitrogens with two attached hydrogens (primary N) is 1. The first-order chi connectivity index (χ1) is 11.7. The zero-order valence-corrected chi connectivity index (χ0v) is 14.9. The van der Waals surface area contributed by atoms with Crippen molar-refractivity contribution in [3.8, 4) is 0 Å². The van der Waals surface area contributed by atoms with E-state index < -0.39 is 17.7 Å². The van der Waals surface area contributed by atoms with Crippen molar-refractivity contribution in [3.05, 3.63) is 35.4 Å². The highest BCUT2D eigenvalue weighted by molar-refractivity contribution is 5.89. The van der Waals surface area contributed by atoms with Crippen LogP contribution in [0, 0.1) is 5.92 Å². The van der Waals surface area contributed by atoms with E-state index in [1.165, 1.54) is 11.0 Å². The Morgan fingerprint density at radius 1 is 1.27 bits per heavy atom. The van der Waals surface area contributed by atoms with Gasteiger partial charge in [-0.15, -0.1) is 12.4 Å². The number of hydrogen-bond acceptors (Lipinski definition) is 3. The molecule has 0 aromatic heterocycles. The standard InChI is InChI=1S/C17H20F3N3O2.ClH/c18-17(19,20)13-3-1-2-11(6-13)8-23-9-12(7-15(23)24)16(25)22-5-4-14(21)10-22;/h1-3,6,12,14H,4-5,7-10,21H2;1H/t12?,14-;/m1./s1. The number of likely N-dealkylation sites (tertiary alicyclic amines) is 2. The quantitative estimate of drug-likeness (QED) is 0.857. The fraction of sp³-hybridized carbons (Fsp3) is 0.529. The Kier molecular flexibility index (Phi) is 6.18. The highest BCUT2D eigenvalue weighted by Crippen LogP contribution is 2.30. The van der Waals surface area contributed by atoms with E-state index in [9.17, 15) is 22.8 Å². The first kappa shape index (κ1) is 20.5. The minimum atomic E-state index is -4.42. The van der Waals surface area contributed by atoms with Gasteiger partial charge in [0.15, 0.2) is 0 Å². The van der Waals surface area contributed by atoms with Crippen molar-refractivity contribution in [2.75, 3.05) is 19.6 Å². The molecule has 2 N–H and O–H groups in total. The number of halogens is 4. The highest BCUT2D eigenvalue weighted by Gasteiger charge is 2.38. The van der Waals surface area contributed by atoms with Gasteiger partial charge in [0.2, 0.25) is 11.8 Å². The lowest BCUT2D eigenvalue weighted by Gasteiger charge is -2.21. The van der Waals surface area contributed by atoms with Crippen molar-refractivity contribution in [2.24, 2.45) is 11.7 Å². The molecule has 0 spiro atoms. The van der Waals surface area contributed by atoms with Crippen LogP contribution < -0.4 is 5.73 Å². The number of alkyl halides is 3. The molecule has 2 saturated heterocycles. The van der Waals surface area contributed by atoms with E-state index >= 15 is 0 Å². The number of carbonyl (C=O) groups excluding carboxylic acids is 2. The van der Waals surface area contributed by atoms with E-state index in [-0.39, 0.29) is 49.8 Å². The predicted molar refractivity (Wildman–Crippen MR) is 91.4 cm³/mol. The fourth-order valence-electron chi connectivity index (χ4n) is 3.40. The van der Waals surface area contributed by atoms with Gasteiger partial charge in [-0.25, -0.2) is 0 Å². The van der Waals surface area contributed by atoms with Gasteiger partial charge in [0, 0.05) is 38.6 Å². The van der Waals surface area contributed by atoms with Crippen molar-refractivity contribution in [3.63, 3.8) is 0 Å². The van der Waals surface area contributed by atoms with Crippen molar-refractivity contribution >= 4 is 24.2 Å². The third kappa shape index (κ3) is 4.48.